The molecule has 1 aliphatic rings. The van der Waals surface area contributed by atoms with Gasteiger partial charge in [-0.05, 0) is 24.7 Å². The molecule has 66 valence electrons. The molecule has 1 unspecified atom stereocenters. The van der Waals surface area contributed by atoms with Gasteiger partial charge in [0.25, 0.3) is 0 Å². The average molecular weight is 175 g/mol. The van der Waals surface area contributed by atoms with Crippen LogP contribution in [0, 0.1) is 16.6 Å². The maximum Gasteiger partial charge on any atom is 0.0441 e. The predicted molar refractivity (Wildman–Crippen MR) is 48.1 cm³/mol. The van der Waals surface area contributed by atoms with E-state index in [0.717, 1.165) is 18.8 Å². The van der Waals surface area contributed by atoms with Crippen molar-refractivity contribution in [3.8, 4) is 0 Å². The van der Waals surface area contributed by atoms with Crippen LogP contribution in [0.15, 0.2) is 0 Å². The second-order valence-electron chi connectivity index (χ2n) is 4.00. The number of hydrogen-bond acceptors (Lipinski definition) is 2. The Balaban J connectivity index is 2.42. The summed E-state index contributed by atoms with van der Waals surface area (Å²) in [5, 5.41) is 0.190. The van der Waals surface area contributed by atoms with Crippen LogP contribution in [0.3, 0.4) is 0 Å². The van der Waals surface area contributed by atoms with Crippen molar-refractivity contribution in [2.24, 2.45) is 11.8 Å². The average Bonchev–Trinajstić information content (AvgIpc) is 1.51. The van der Waals surface area contributed by atoms with Crippen LogP contribution in [-0.4, -0.2) is 15.7 Å². The second-order valence-corrected chi connectivity index (χ2v) is 6.48. The van der Waals surface area contributed by atoms with E-state index < -0.39 is 9.73 Å². The third-order valence-corrected chi connectivity index (χ3v) is 4.37. The molecule has 0 aromatic carbocycles. The zero-order valence-electron chi connectivity index (χ0n) is 7.46. The van der Waals surface area contributed by atoms with Gasteiger partial charge in [-0.3, -0.25) is 4.78 Å². The Morgan fingerprint density at radius 3 is 2.18 bits per heavy atom. The molecule has 1 atom stereocenters. The van der Waals surface area contributed by atoms with Crippen LogP contribution in [0.4, 0.5) is 0 Å². The monoisotopic (exact) mass is 175 g/mol. The lowest BCUT2D eigenvalue weighted by atomic mass is 9.77. The molecule has 0 heterocycles. The number of rotatable bonds is 2. The predicted octanol–water partition coefficient (Wildman–Crippen LogP) is 2.10. The molecule has 0 aliphatic heterocycles. The van der Waals surface area contributed by atoms with Gasteiger partial charge in [0.05, 0.1) is 0 Å². The largest absolute Gasteiger partial charge is 0.253 e. The van der Waals surface area contributed by atoms with E-state index in [1.165, 1.54) is 0 Å². The minimum Gasteiger partial charge on any atom is -0.253 e. The summed E-state index contributed by atoms with van der Waals surface area (Å²) in [7, 11) is -2.23. The van der Waals surface area contributed by atoms with E-state index in [2.05, 4.69) is 13.8 Å². The van der Waals surface area contributed by atoms with Crippen LogP contribution in [0.25, 0.3) is 0 Å². The molecule has 11 heavy (non-hydrogen) atoms. The Kier molecular flexibility index (Phi) is 2.28. The highest BCUT2D eigenvalue weighted by Gasteiger charge is 2.35. The van der Waals surface area contributed by atoms with Gasteiger partial charge in [0, 0.05) is 21.2 Å². The first-order valence-corrected chi connectivity index (χ1v) is 6.17. The molecule has 1 saturated carbocycles. The first-order valence-electron chi connectivity index (χ1n) is 4.14. The van der Waals surface area contributed by atoms with Crippen molar-refractivity contribution >= 4 is 9.73 Å². The fourth-order valence-electron chi connectivity index (χ4n) is 1.52. The molecule has 0 saturated heterocycles. The summed E-state index contributed by atoms with van der Waals surface area (Å²) < 4.78 is 18.6. The van der Waals surface area contributed by atoms with Crippen molar-refractivity contribution < 1.29 is 4.21 Å². The van der Waals surface area contributed by atoms with Crippen LogP contribution in [0.1, 0.15) is 26.7 Å². The van der Waals surface area contributed by atoms with E-state index in [0.29, 0.717) is 5.92 Å². The van der Waals surface area contributed by atoms with E-state index in [1.807, 2.05) is 0 Å². The molecule has 1 rings (SSSR count). The van der Waals surface area contributed by atoms with Crippen LogP contribution in [-0.2, 0) is 9.73 Å². The van der Waals surface area contributed by atoms with Crippen LogP contribution in [0.5, 0.6) is 0 Å². The van der Waals surface area contributed by atoms with Crippen LogP contribution in [0.2, 0.25) is 0 Å². The van der Waals surface area contributed by atoms with Gasteiger partial charge in [-0.15, -0.1) is 0 Å². The standard InChI is InChI=1S/C8H17NOS/c1-6(2)7-4-8(5-7)11(3,9)10/h6-9H,4-5H2,1-3H3. The third-order valence-electron chi connectivity index (χ3n) is 2.71. The molecule has 0 bridgehead atoms. The lowest BCUT2D eigenvalue weighted by molar-refractivity contribution is 0.240. The molecule has 0 spiro atoms. The summed E-state index contributed by atoms with van der Waals surface area (Å²) in [4.78, 5) is 0. The van der Waals surface area contributed by atoms with Gasteiger partial charge in [0.2, 0.25) is 0 Å². The zero-order valence-corrected chi connectivity index (χ0v) is 8.28. The van der Waals surface area contributed by atoms with Crippen molar-refractivity contribution in [2.75, 3.05) is 6.26 Å². The summed E-state index contributed by atoms with van der Waals surface area (Å²) in [6, 6.07) is 0. The van der Waals surface area contributed by atoms with Gasteiger partial charge in [0.1, 0.15) is 0 Å². The van der Waals surface area contributed by atoms with Crippen molar-refractivity contribution in [2.45, 2.75) is 31.9 Å². The summed E-state index contributed by atoms with van der Waals surface area (Å²) >= 11 is 0. The molecule has 0 aromatic rings. The molecule has 1 fully saturated rings. The van der Waals surface area contributed by atoms with E-state index in [-0.39, 0.29) is 5.25 Å². The SMILES string of the molecule is CC(C)C1CC(S(C)(=N)=O)C1. The molecule has 0 radical (unpaired) electrons. The minimum atomic E-state index is -2.23. The first kappa shape index (κ1) is 9.04. The third kappa shape index (κ3) is 1.95. The highest BCUT2D eigenvalue weighted by molar-refractivity contribution is 7.92. The van der Waals surface area contributed by atoms with Gasteiger partial charge in [-0.2, -0.15) is 0 Å². The lowest BCUT2D eigenvalue weighted by Crippen LogP contribution is -2.37. The molecule has 1 N–H and O–H groups in total. The van der Waals surface area contributed by atoms with Crippen molar-refractivity contribution in [1.82, 2.24) is 0 Å². The normalized spacial score (nSPS) is 36.4. The number of nitrogens with one attached hydrogen (secondary N) is 1. The van der Waals surface area contributed by atoms with E-state index in [9.17, 15) is 4.21 Å². The fraction of sp³-hybridized carbons (Fsp3) is 1.00. The summed E-state index contributed by atoms with van der Waals surface area (Å²) in [6.45, 7) is 4.39. The van der Waals surface area contributed by atoms with Gasteiger partial charge in [-0.1, -0.05) is 13.8 Å². The molecule has 2 nitrogen and oxygen atoms in total. The Morgan fingerprint density at radius 1 is 1.45 bits per heavy atom. The van der Waals surface area contributed by atoms with Gasteiger partial charge in [-0.25, -0.2) is 4.21 Å². The quantitative estimate of drug-likeness (QED) is 0.686. The number of hydrogen-bond donors (Lipinski definition) is 1. The van der Waals surface area contributed by atoms with Crippen LogP contribution < -0.4 is 0 Å². The molecule has 3 heteroatoms. The Labute approximate surface area is 69.4 Å². The minimum absolute atomic E-state index is 0.190. The van der Waals surface area contributed by atoms with Crippen molar-refractivity contribution in [3.05, 3.63) is 0 Å². The topological polar surface area (TPSA) is 40.9 Å². The Hall–Kier alpha value is -0.0500. The zero-order chi connectivity index (χ0) is 8.65. The fourth-order valence-corrected chi connectivity index (χ4v) is 2.75. The molecule has 1 aliphatic carbocycles. The summed E-state index contributed by atoms with van der Waals surface area (Å²) in [5.74, 6) is 1.43. The highest BCUT2D eigenvalue weighted by Crippen LogP contribution is 2.37. The smallest absolute Gasteiger partial charge is 0.0441 e. The Morgan fingerprint density at radius 2 is 1.91 bits per heavy atom. The van der Waals surface area contributed by atoms with Crippen LogP contribution >= 0.6 is 0 Å². The van der Waals surface area contributed by atoms with Gasteiger partial charge >= 0.3 is 0 Å². The van der Waals surface area contributed by atoms with Crippen molar-refractivity contribution in [3.63, 3.8) is 0 Å². The summed E-state index contributed by atoms with van der Waals surface area (Å²) in [5.41, 5.74) is 0. The first-order chi connectivity index (χ1) is 4.91. The van der Waals surface area contributed by atoms with Gasteiger partial charge in [0.15, 0.2) is 0 Å². The lowest BCUT2D eigenvalue weighted by Gasteiger charge is -2.37. The van der Waals surface area contributed by atoms with E-state index in [4.69, 9.17) is 4.78 Å². The summed E-state index contributed by atoms with van der Waals surface area (Å²) in [6.07, 6.45) is 3.58. The molecular weight excluding hydrogens is 158 g/mol. The second kappa shape index (κ2) is 2.77. The maximum absolute atomic E-state index is 11.2. The maximum atomic E-state index is 11.2. The Bertz CT molecular complexity index is 224. The van der Waals surface area contributed by atoms with E-state index >= 15 is 0 Å². The molecule has 0 aromatic heterocycles. The van der Waals surface area contributed by atoms with Gasteiger partial charge < -0.3 is 0 Å². The van der Waals surface area contributed by atoms with E-state index in [1.54, 1.807) is 6.26 Å². The van der Waals surface area contributed by atoms with Crippen molar-refractivity contribution in [1.29, 1.82) is 4.78 Å². The molecule has 0 amide bonds. The molecular formula is C8H17NOS. The highest BCUT2D eigenvalue weighted by atomic mass is 32.2.